The highest BCUT2D eigenvalue weighted by molar-refractivity contribution is 5.77. The van der Waals surface area contributed by atoms with Gasteiger partial charge >= 0.3 is 30.3 Å². The van der Waals surface area contributed by atoms with Gasteiger partial charge in [-0.05, 0) is 26.4 Å². The van der Waals surface area contributed by atoms with Crippen LogP contribution in [0.2, 0.25) is 0 Å². The number of hydrogen-bond donors (Lipinski definition) is 2. The molecular weight excluding hydrogens is 473 g/mol. The maximum absolute atomic E-state index is 13.6. The van der Waals surface area contributed by atoms with E-state index in [0.29, 0.717) is 18.0 Å². The van der Waals surface area contributed by atoms with E-state index in [1.807, 2.05) is 0 Å². The quantitative estimate of drug-likeness (QED) is 0.625. The molecule has 3 rings (SSSR count). The van der Waals surface area contributed by atoms with Crippen molar-refractivity contribution in [3.63, 3.8) is 0 Å². The van der Waals surface area contributed by atoms with Gasteiger partial charge in [0, 0.05) is 23.8 Å². The van der Waals surface area contributed by atoms with E-state index in [0.717, 1.165) is 19.2 Å². The number of ether oxygens (including phenoxy) is 1. The lowest BCUT2D eigenvalue weighted by atomic mass is 10.2. The first-order valence-corrected chi connectivity index (χ1v) is 8.82. The Bertz CT molecular complexity index is 931. The van der Waals surface area contributed by atoms with Crippen molar-refractivity contribution in [2.45, 2.75) is 31.2 Å². The van der Waals surface area contributed by atoms with E-state index in [-0.39, 0.29) is 11.5 Å². The zero-order valence-electron chi connectivity index (χ0n) is 16.7. The molecule has 0 radical (unpaired) electrons. The van der Waals surface area contributed by atoms with Crippen LogP contribution in [0.25, 0.3) is 10.9 Å². The molecule has 2 N–H and O–H groups in total. The fraction of sp³-hybridized carbons (Fsp3) is 0.471. The van der Waals surface area contributed by atoms with Crippen molar-refractivity contribution in [3.05, 3.63) is 24.4 Å². The Labute approximate surface area is 180 Å². The first-order valence-electron chi connectivity index (χ1n) is 8.82. The van der Waals surface area contributed by atoms with Crippen molar-refractivity contribution in [3.8, 4) is 6.01 Å². The maximum atomic E-state index is 13.6. The predicted molar refractivity (Wildman–Crippen MR) is 95.8 cm³/mol. The molecule has 9 nitrogen and oxygen atoms in total. The number of carboxylic acid groups (broad SMARTS) is 2. The van der Waals surface area contributed by atoms with E-state index in [1.54, 1.807) is 0 Å². The molecule has 0 amide bonds. The number of carbonyl (C=O) groups is 2. The van der Waals surface area contributed by atoms with E-state index < -0.39 is 30.1 Å². The van der Waals surface area contributed by atoms with Gasteiger partial charge in [0.25, 0.3) is 0 Å². The standard InChI is InChI=1S/C13H15FN4O.2C2HF3O2/c1-18-4-2-3-10(18)8-19-13-16-6-9-5-15-7-11(14)12(9)17-13;2*3-2(4,5)1(6)7/h5-7,10H,2-4,8H2,1H3;2*(H,6,7)/t10-;;/m0../s1. The van der Waals surface area contributed by atoms with Crippen LogP contribution in [0, 0.1) is 5.82 Å². The summed E-state index contributed by atoms with van der Waals surface area (Å²) in [6, 6.07) is 0.611. The average molecular weight is 490 g/mol. The summed E-state index contributed by atoms with van der Waals surface area (Å²) in [5.41, 5.74) is 0.250. The smallest absolute Gasteiger partial charge is 0.475 e. The number of nitrogens with zero attached hydrogens (tertiary/aromatic N) is 4. The largest absolute Gasteiger partial charge is 0.490 e. The van der Waals surface area contributed by atoms with Gasteiger partial charge in [0.15, 0.2) is 5.82 Å². The summed E-state index contributed by atoms with van der Waals surface area (Å²) in [6.07, 6.45) is -3.66. The predicted octanol–water partition coefficient (Wildman–Crippen LogP) is 2.90. The number of carboxylic acids is 2. The number of alkyl halides is 6. The highest BCUT2D eigenvalue weighted by atomic mass is 19.4. The van der Waals surface area contributed by atoms with Gasteiger partial charge in [-0.15, -0.1) is 0 Å². The van der Waals surface area contributed by atoms with Gasteiger partial charge in [0.2, 0.25) is 0 Å². The number of pyridine rings is 1. The second kappa shape index (κ2) is 11.5. The highest BCUT2D eigenvalue weighted by Gasteiger charge is 2.38. The van der Waals surface area contributed by atoms with Gasteiger partial charge in [-0.3, -0.25) is 4.98 Å². The number of aliphatic carboxylic acids is 2. The lowest BCUT2D eigenvalue weighted by Gasteiger charge is -2.18. The Hall–Kier alpha value is -3.30. The van der Waals surface area contributed by atoms with Crippen molar-refractivity contribution in [1.29, 1.82) is 0 Å². The van der Waals surface area contributed by atoms with E-state index >= 15 is 0 Å². The Kier molecular flexibility index (Phi) is 9.69. The normalized spacial score (nSPS) is 16.3. The molecule has 1 atom stereocenters. The van der Waals surface area contributed by atoms with E-state index in [2.05, 4.69) is 26.9 Å². The van der Waals surface area contributed by atoms with Crippen molar-refractivity contribution >= 4 is 22.8 Å². The maximum Gasteiger partial charge on any atom is 0.490 e. The van der Waals surface area contributed by atoms with Gasteiger partial charge in [0.05, 0.1) is 6.20 Å². The highest BCUT2D eigenvalue weighted by Crippen LogP contribution is 2.18. The van der Waals surface area contributed by atoms with Crippen LogP contribution in [0.1, 0.15) is 12.8 Å². The van der Waals surface area contributed by atoms with Gasteiger partial charge in [-0.1, -0.05) is 0 Å². The SMILES string of the molecule is CN1CCC[C@H]1COc1ncc2cncc(F)c2n1.O=C(O)C(F)(F)F.O=C(O)C(F)(F)F. The van der Waals surface area contributed by atoms with E-state index in [1.165, 1.54) is 18.8 Å². The molecule has 0 unspecified atom stereocenters. The number of fused-ring (bicyclic) bond motifs is 1. The first kappa shape index (κ1) is 27.7. The zero-order valence-corrected chi connectivity index (χ0v) is 16.7. The van der Waals surface area contributed by atoms with Crippen molar-refractivity contribution in [2.75, 3.05) is 20.2 Å². The number of halogens is 7. The van der Waals surface area contributed by atoms with Crippen LogP contribution >= 0.6 is 0 Å². The second-order valence-corrected chi connectivity index (χ2v) is 6.41. The van der Waals surface area contributed by atoms with Crippen LogP contribution in [0.15, 0.2) is 18.6 Å². The third kappa shape index (κ3) is 9.38. The Morgan fingerprint density at radius 1 is 1.09 bits per heavy atom. The third-order valence-corrected chi connectivity index (χ3v) is 3.98. The summed E-state index contributed by atoms with van der Waals surface area (Å²) in [5.74, 6) is -5.97. The minimum atomic E-state index is -5.08. The van der Waals surface area contributed by atoms with E-state index in [9.17, 15) is 30.7 Å². The molecule has 0 spiro atoms. The average Bonchev–Trinajstić information content (AvgIpc) is 3.11. The number of hydrogen-bond acceptors (Lipinski definition) is 7. The molecule has 184 valence electrons. The summed E-state index contributed by atoms with van der Waals surface area (Å²) in [6.45, 7) is 1.63. The van der Waals surface area contributed by atoms with Gasteiger partial charge in [-0.2, -0.15) is 31.3 Å². The number of likely N-dealkylation sites (N-methyl/N-ethyl adjacent to an activating group) is 1. The molecule has 1 aliphatic heterocycles. The van der Waals surface area contributed by atoms with Crippen molar-refractivity contribution < 1.29 is 55.3 Å². The summed E-state index contributed by atoms with van der Waals surface area (Å²) >= 11 is 0. The van der Waals surface area contributed by atoms with Crippen LogP contribution in [0.4, 0.5) is 30.7 Å². The molecule has 1 aliphatic rings. The number of rotatable bonds is 3. The van der Waals surface area contributed by atoms with Gasteiger partial charge in [0.1, 0.15) is 12.1 Å². The molecule has 2 aromatic rings. The number of aromatic nitrogens is 3. The summed E-state index contributed by atoms with van der Waals surface area (Å²) in [5, 5.41) is 14.8. The third-order valence-electron chi connectivity index (χ3n) is 3.98. The topological polar surface area (TPSA) is 126 Å². The summed E-state index contributed by atoms with van der Waals surface area (Å²) in [4.78, 5) is 32.0. The molecule has 1 fully saturated rings. The van der Waals surface area contributed by atoms with Crippen LogP contribution in [-0.2, 0) is 9.59 Å². The Morgan fingerprint density at radius 2 is 1.64 bits per heavy atom. The molecule has 0 aromatic carbocycles. The van der Waals surface area contributed by atoms with Gasteiger partial charge in [-0.25, -0.2) is 19.0 Å². The fourth-order valence-corrected chi connectivity index (χ4v) is 2.34. The molecule has 0 aliphatic carbocycles. The molecular formula is C17H17F7N4O5. The molecule has 3 heterocycles. The summed E-state index contributed by atoms with van der Waals surface area (Å²) in [7, 11) is 2.08. The zero-order chi connectivity index (χ0) is 25.4. The fourth-order valence-electron chi connectivity index (χ4n) is 2.34. The lowest BCUT2D eigenvalue weighted by molar-refractivity contribution is -0.193. The molecule has 16 heteroatoms. The van der Waals surface area contributed by atoms with Crippen LogP contribution in [-0.4, -0.2) is 80.6 Å². The minimum Gasteiger partial charge on any atom is -0.475 e. The Morgan fingerprint density at radius 3 is 2.09 bits per heavy atom. The Balaban J connectivity index is 0.000000324. The molecule has 2 aromatic heterocycles. The second-order valence-electron chi connectivity index (χ2n) is 6.41. The molecule has 33 heavy (non-hydrogen) atoms. The van der Waals surface area contributed by atoms with Crippen molar-refractivity contribution in [1.82, 2.24) is 19.9 Å². The van der Waals surface area contributed by atoms with Crippen LogP contribution in [0.5, 0.6) is 6.01 Å². The summed E-state index contributed by atoms with van der Waals surface area (Å²) < 4.78 is 82.6. The first-order chi connectivity index (χ1) is 15.1. The monoisotopic (exact) mass is 490 g/mol. The molecule has 0 bridgehead atoms. The lowest BCUT2D eigenvalue weighted by Crippen LogP contribution is -2.30. The van der Waals surface area contributed by atoms with Crippen LogP contribution < -0.4 is 4.74 Å². The van der Waals surface area contributed by atoms with Crippen molar-refractivity contribution in [2.24, 2.45) is 0 Å². The minimum absolute atomic E-state index is 0.220. The van der Waals surface area contributed by atoms with E-state index in [4.69, 9.17) is 24.5 Å². The molecule has 0 saturated carbocycles. The van der Waals surface area contributed by atoms with Crippen LogP contribution in [0.3, 0.4) is 0 Å². The number of likely N-dealkylation sites (tertiary alicyclic amines) is 1. The van der Waals surface area contributed by atoms with Gasteiger partial charge < -0.3 is 19.8 Å². The molecule has 1 saturated heterocycles.